The Morgan fingerprint density at radius 1 is 1.41 bits per heavy atom. The first-order valence-electron chi connectivity index (χ1n) is 5.70. The van der Waals surface area contributed by atoms with E-state index < -0.39 is 5.91 Å². The fourth-order valence-corrected chi connectivity index (χ4v) is 2.68. The lowest BCUT2D eigenvalue weighted by atomic mass is 9.69. The Morgan fingerprint density at radius 2 is 2.06 bits per heavy atom. The molecule has 2 amide bonds. The molecule has 0 aromatic rings. The topological polar surface area (TPSA) is 83.6 Å². The zero-order valence-electron chi connectivity index (χ0n) is 10.1. The normalized spacial score (nSPS) is 17.3. The van der Waals surface area contributed by atoms with E-state index in [0.29, 0.717) is 6.54 Å². The second kappa shape index (κ2) is 6.26. The van der Waals surface area contributed by atoms with Gasteiger partial charge in [0.25, 0.3) is 0 Å². The Bertz CT molecular complexity index is 287. The van der Waals surface area contributed by atoms with Gasteiger partial charge in [-0.15, -0.1) is 11.8 Å². The van der Waals surface area contributed by atoms with E-state index in [4.69, 9.17) is 5.73 Å². The summed E-state index contributed by atoms with van der Waals surface area (Å²) in [6.07, 6.45) is 3.09. The van der Waals surface area contributed by atoms with Gasteiger partial charge in [0.1, 0.15) is 0 Å². The average molecular weight is 260 g/mol. The summed E-state index contributed by atoms with van der Waals surface area (Å²) in [7, 11) is 1.74. The summed E-state index contributed by atoms with van der Waals surface area (Å²) in [5.74, 6) is 0.0123. The summed E-state index contributed by atoms with van der Waals surface area (Å²) < 4.78 is 0. The number of carbonyl (C=O) groups excluding carboxylic acids is 2. The smallest absolute Gasteiger partial charge is 0.232 e. The summed E-state index contributed by atoms with van der Waals surface area (Å²) in [6.45, 7) is 0.735. The summed E-state index contributed by atoms with van der Waals surface area (Å²) >= 11 is 1.23. The zero-order chi connectivity index (χ0) is 12.9. The van der Waals surface area contributed by atoms with Crippen LogP contribution in [-0.4, -0.2) is 53.5 Å². The standard InChI is InChI=1S/C11H20N2O3S/c1-13(7-11(8-14)3-2-4-11)10(16)6-17-5-9(12)15/h14H,2-8H2,1H3,(H2,12,15). The molecule has 1 rings (SSSR count). The Morgan fingerprint density at radius 3 is 2.47 bits per heavy atom. The van der Waals surface area contributed by atoms with Crippen LogP contribution in [0.15, 0.2) is 0 Å². The summed E-state index contributed by atoms with van der Waals surface area (Å²) in [6, 6.07) is 0. The molecular weight excluding hydrogens is 240 g/mol. The quantitative estimate of drug-likeness (QED) is 0.665. The van der Waals surface area contributed by atoms with Crippen molar-refractivity contribution < 1.29 is 14.7 Å². The van der Waals surface area contributed by atoms with E-state index in [0.717, 1.165) is 19.3 Å². The number of amides is 2. The lowest BCUT2D eigenvalue weighted by Gasteiger charge is -2.42. The maximum absolute atomic E-state index is 11.7. The molecule has 0 aromatic heterocycles. The number of nitrogens with two attached hydrogens (primary N) is 1. The maximum Gasteiger partial charge on any atom is 0.232 e. The Hall–Kier alpha value is -0.750. The number of rotatable bonds is 7. The van der Waals surface area contributed by atoms with Gasteiger partial charge in [-0.3, -0.25) is 9.59 Å². The van der Waals surface area contributed by atoms with E-state index >= 15 is 0 Å². The van der Waals surface area contributed by atoms with Crippen molar-refractivity contribution in [3.63, 3.8) is 0 Å². The van der Waals surface area contributed by atoms with Crippen LogP contribution in [0, 0.1) is 5.41 Å². The van der Waals surface area contributed by atoms with Crippen LogP contribution in [0.1, 0.15) is 19.3 Å². The molecule has 0 aliphatic heterocycles. The first kappa shape index (κ1) is 14.3. The highest BCUT2D eigenvalue weighted by atomic mass is 32.2. The molecule has 1 saturated carbocycles. The van der Waals surface area contributed by atoms with E-state index in [1.807, 2.05) is 0 Å². The summed E-state index contributed by atoms with van der Waals surface area (Å²) in [4.78, 5) is 23.9. The van der Waals surface area contributed by atoms with E-state index in [1.54, 1.807) is 11.9 Å². The van der Waals surface area contributed by atoms with Crippen LogP contribution < -0.4 is 5.73 Å². The van der Waals surface area contributed by atoms with E-state index in [-0.39, 0.29) is 29.4 Å². The minimum Gasteiger partial charge on any atom is -0.396 e. The van der Waals surface area contributed by atoms with E-state index in [1.165, 1.54) is 11.8 Å². The highest BCUT2D eigenvalue weighted by molar-refractivity contribution is 8.00. The van der Waals surface area contributed by atoms with E-state index in [9.17, 15) is 14.7 Å². The monoisotopic (exact) mass is 260 g/mol. The number of hydrogen-bond donors (Lipinski definition) is 2. The fraction of sp³-hybridized carbons (Fsp3) is 0.818. The Balaban J connectivity index is 2.29. The molecule has 5 nitrogen and oxygen atoms in total. The zero-order valence-corrected chi connectivity index (χ0v) is 11.0. The minimum absolute atomic E-state index is 0.0176. The number of primary amides is 1. The molecule has 1 aliphatic carbocycles. The molecule has 6 heteroatoms. The van der Waals surface area contributed by atoms with Crippen molar-refractivity contribution >= 4 is 23.6 Å². The van der Waals surface area contributed by atoms with Gasteiger partial charge in [-0.25, -0.2) is 0 Å². The van der Waals surface area contributed by atoms with Gasteiger partial charge in [-0.1, -0.05) is 6.42 Å². The number of hydrogen-bond acceptors (Lipinski definition) is 4. The molecule has 0 radical (unpaired) electrons. The summed E-state index contributed by atoms with van der Waals surface area (Å²) in [5.41, 5.74) is 4.91. The van der Waals surface area contributed by atoms with Gasteiger partial charge in [-0.05, 0) is 12.8 Å². The largest absolute Gasteiger partial charge is 0.396 e. The maximum atomic E-state index is 11.7. The van der Waals surface area contributed by atoms with Gasteiger partial charge in [0.15, 0.2) is 0 Å². The van der Waals surface area contributed by atoms with Crippen LogP contribution in [0.4, 0.5) is 0 Å². The number of aliphatic hydroxyl groups is 1. The summed E-state index contributed by atoms with van der Waals surface area (Å²) in [5, 5.41) is 9.31. The van der Waals surface area contributed by atoms with Crippen molar-refractivity contribution in [2.45, 2.75) is 19.3 Å². The number of aliphatic hydroxyl groups excluding tert-OH is 1. The van der Waals surface area contributed by atoms with Crippen LogP contribution >= 0.6 is 11.8 Å². The molecule has 0 bridgehead atoms. The molecule has 0 heterocycles. The molecule has 0 atom stereocenters. The van der Waals surface area contributed by atoms with Crippen molar-refractivity contribution in [3.8, 4) is 0 Å². The molecule has 1 fully saturated rings. The minimum atomic E-state index is -0.406. The van der Waals surface area contributed by atoms with Crippen molar-refractivity contribution in [2.75, 3.05) is 31.7 Å². The second-order valence-corrected chi connectivity index (χ2v) is 5.71. The van der Waals surface area contributed by atoms with Crippen LogP contribution in [0.3, 0.4) is 0 Å². The predicted octanol–water partition coefficient (Wildman–Crippen LogP) is -0.174. The first-order chi connectivity index (χ1) is 7.99. The van der Waals surface area contributed by atoms with Crippen LogP contribution in [0.5, 0.6) is 0 Å². The highest BCUT2D eigenvalue weighted by Crippen LogP contribution is 2.40. The molecule has 17 heavy (non-hydrogen) atoms. The average Bonchev–Trinajstić information content (AvgIpc) is 2.22. The lowest BCUT2D eigenvalue weighted by molar-refractivity contribution is -0.130. The molecule has 98 valence electrons. The van der Waals surface area contributed by atoms with Gasteiger partial charge in [-0.2, -0.15) is 0 Å². The van der Waals surface area contributed by atoms with Gasteiger partial charge < -0.3 is 15.7 Å². The third kappa shape index (κ3) is 4.20. The third-order valence-corrected chi connectivity index (χ3v) is 4.16. The molecule has 0 aromatic carbocycles. The molecule has 0 saturated heterocycles. The van der Waals surface area contributed by atoms with Crippen molar-refractivity contribution in [3.05, 3.63) is 0 Å². The van der Waals surface area contributed by atoms with Gasteiger partial charge in [0, 0.05) is 19.0 Å². The predicted molar refractivity (Wildman–Crippen MR) is 67.5 cm³/mol. The van der Waals surface area contributed by atoms with Crippen LogP contribution in [0.2, 0.25) is 0 Å². The van der Waals surface area contributed by atoms with Crippen molar-refractivity contribution in [1.82, 2.24) is 4.90 Å². The fourth-order valence-electron chi connectivity index (χ4n) is 1.98. The second-order valence-electron chi connectivity index (χ2n) is 4.72. The Kier molecular flexibility index (Phi) is 5.27. The lowest BCUT2D eigenvalue weighted by Crippen LogP contribution is -2.45. The molecule has 3 N–H and O–H groups in total. The molecule has 0 spiro atoms. The Labute approximate surface area is 106 Å². The van der Waals surface area contributed by atoms with Gasteiger partial charge in [0.05, 0.1) is 18.1 Å². The highest BCUT2D eigenvalue weighted by Gasteiger charge is 2.38. The molecule has 0 unspecified atom stereocenters. The SMILES string of the molecule is CN(CC1(CO)CCC1)C(=O)CSCC(N)=O. The van der Waals surface area contributed by atoms with Crippen LogP contribution in [0.25, 0.3) is 0 Å². The van der Waals surface area contributed by atoms with Gasteiger partial charge >= 0.3 is 0 Å². The molecular formula is C11H20N2O3S. The number of carbonyl (C=O) groups is 2. The van der Waals surface area contributed by atoms with Gasteiger partial charge in [0.2, 0.25) is 11.8 Å². The van der Waals surface area contributed by atoms with E-state index in [2.05, 4.69) is 0 Å². The van der Waals surface area contributed by atoms with Crippen molar-refractivity contribution in [1.29, 1.82) is 0 Å². The number of thioether (sulfide) groups is 1. The first-order valence-corrected chi connectivity index (χ1v) is 6.85. The third-order valence-electron chi connectivity index (χ3n) is 3.22. The van der Waals surface area contributed by atoms with Crippen LogP contribution in [-0.2, 0) is 9.59 Å². The molecule has 1 aliphatic rings. The van der Waals surface area contributed by atoms with Crippen molar-refractivity contribution in [2.24, 2.45) is 11.1 Å². The number of nitrogens with zero attached hydrogens (tertiary/aromatic N) is 1.